The van der Waals surface area contributed by atoms with Crippen LogP contribution in [-0.2, 0) is 24.4 Å². The standard InChI is InChI=1S/C32H32N2O3/c1-22-12-23(2)15-28(14-22)20-34(31(35)29-6-5-11-33-18-29)19-26-7-9-27(10-8-26)21-37-32(36)30-16-24(3)13-25(4)17-30/h5-18H,19-21H2,1-4H3. The van der Waals surface area contributed by atoms with Crippen molar-refractivity contribution in [3.8, 4) is 0 Å². The number of nitrogens with zero attached hydrogens (tertiary/aromatic N) is 2. The van der Waals surface area contributed by atoms with Crippen LogP contribution in [-0.4, -0.2) is 21.8 Å². The van der Waals surface area contributed by atoms with E-state index in [-0.39, 0.29) is 18.5 Å². The van der Waals surface area contributed by atoms with Crippen LogP contribution in [0.2, 0.25) is 0 Å². The van der Waals surface area contributed by atoms with Gasteiger partial charge in [-0.1, -0.05) is 70.8 Å². The molecule has 37 heavy (non-hydrogen) atoms. The summed E-state index contributed by atoms with van der Waals surface area (Å²) in [7, 11) is 0. The summed E-state index contributed by atoms with van der Waals surface area (Å²) in [6, 6.07) is 23.4. The SMILES string of the molecule is Cc1cc(C)cc(CN(Cc2ccc(COC(=O)c3cc(C)cc(C)c3)cc2)C(=O)c2cccnc2)c1. The summed E-state index contributed by atoms with van der Waals surface area (Å²) in [6.07, 6.45) is 3.26. The first-order chi connectivity index (χ1) is 17.8. The monoisotopic (exact) mass is 492 g/mol. The summed E-state index contributed by atoms with van der Waals surface area (Å²) in [5, 5.41) is 0. The number of hydrogen-bond donors (Lipinski definition) is 0. The Labute approximate surface area is 218 Å². The highest BCUT2D eigenvalue weighted by Crippen LogP contribution is 2.18. The lowest BCUT2D eigenvalue weighted by atomic mass is 10.1. The first kappa shape index (κ1) is 25.8. The zero-order chi connectivity index (χ0) is 26.4. The van der Waals surface area contributed by atoms with E-state index in [0.29, 0.717) is 24.2 Å². The van der Waals surface area contributed by atoms with E-state index in [1.54, 1.807) is 24.5 Å². The number of hydrogen-bond acceptors (Lipinski definition) is 4. The van der Waals surface area contributed by atoms with Crippen LogP contribution < -0.4 is 0 Å². The van der Waals surface area contributed by atoms with Crippen molar-refractivity contribution in [1.82, 2.24) is 9.88 Å². The van der Waals surface area contributed by atoms with Gasteiger partial charge in [-0.25, -0.2) is 4.79 Å². The normalized spacial score (nSPS) is 10.7. The average Bonchev–Trinajstić information content (AvgIpc) is 2.86. The lowest BCUT2D eigenvalue weighted by Gasteiger charge is -2.24. The van der Waals surface area contributed by atoms with Gasteiger partial charge < -0.3 is 9.64 Å². The number of pyridine rings is 1. The quantitative estimate of drug-likeness (QED) is 0.263. The van der Waals surface area contributed by atoms with Crippen LogP contribution in [0.25, 0.3) is 0 Å². The second-order valence-electron chi connectivity index (χ2n) is 9.67. The molecule has 1 amide bonds. The molecule has 0 bridgehead atoms. The first-order valence-electron chi connectivity index (χ1n) is 12.4. The molecule has 4 aromatic rings. The average molecular weight is 493 g/mol. The molecular weight excluding hydrogens is 460 g/mol. The Hall–Kier alpha value is -4.25. The molecule has 1 heterocycles. The van der Waals surface area contributed by atoms with Gasteiger partial charge in [-0.3, -0.25) is 9.78 Å². The molecule has 1 aromatic heterocycles. The number of ether oxygens (including phenoxy) is 1. The fourth-order valence-corrected chi connectivity index (χ4v) is 4.54. The van der Waals surface area contributed by atoms with E-state index >= 15 is 0 Å². The number of benzene rings is 3. The molecule has 0 spiro atoms. The van der Waals surface area contributed by atoms with Crippen molar-refractivity contribution in [2.75, 3.05) is 0 Å². The van der Waals surface area contributed by atoms with Gasteiger partial charge in [0.2, 0.25) is 0 Å². The number of amides is 1. The molecule has 0 radical (unpaired) electrons. The minimum Gasteiger partial charge on any atom is -0.457 e. The fraction of sp³-hybridized carbons (Fsp3) is 0.219. The van der Waals surface area contributed by atoms with Crippen LogP contribution in [0, 0.1) is 27.7 Å². The predicted octanol–water partition coefficient (Wildman–Crippen LogP) is 6.51. The molecule has 4 rings (SSSR count). The van der Waals surface area contributed by atoms with Crippen LogP contribution in [0.1, 0.15) is 59.7 Å². The van der Waals surface area contributed by atoms with Crippen molar-refractivity contribution >= 4 is 11.9 Å². The minimum atomic E-state index is -0.336. The van der Waals surface area contributed by atoms with E-state index in [0.717, 1.165) is 27.8 Å². The Kier molecular flexibility index (Phi) is 8.14. The number of rotatable bonds is 8. The van der Waals surface area contributed by atoms with E-state index in [2.05, 4.69) is 37.0 Å². The van der Waals surface area contributed by atoms with Gasteiger partial charge in [0.05, 0.1) is 11.1 Å². The molecule has 0 atom stereocenters. The Bertz CT molecular complexity index is 1360. The smallest absolute Gasteiger partial charge is 0.338 e. The lowest BCUT2D eigenvalue weighted by Crippen LogP contribution is -2.30. The summed E-state index contributed by atoms with van der Waals surface area (Å²) < 4.78 is 5.53. The zero-order valence-electron chi connectivity index (χ0n) is 21.8. The van der Waals surface area contributed by atoms with Crippen molar-refractivity contribution in [2.24, 2.45) is 0 Å². The number of carbonyl (C=O) groups excluding carboxylic acids is 2. The first-order valence-corrected chi connectivity index (χ1v) is 12.4. The molecule has 0 fully saturated rings. The summed E-state index contributed by atoms with van der Waals surface area (Å²) in [4.78, 5) is 31.8. The predicted molar refractivity (Wildman–Crippen MR) is 145 cm³/mol. The fourth-order valence-electron chi connectivity index (χ4n) is 4.54. The Balaban J connectivity index is 1.46. The molecule has 0 saturated heterocycles. The lowest BCUT2D eigenvalue weighted by molar-refractivity contribution is 0.0472. The molecule has 0 saturated carbocycles. The number of carbonyl (C=O) groups is 2. The van der Waals surface area contributed by atoms with E-state index < -0.39 is 0 Å². The Morgan fingerprint density at radius 1 is 0.703 bits per heavy atom. The van der Waals surface area contributed by atoms with Crippen molar-refractivity contribution in [3.63, 3.8) is 0 Å². The highest BCUT2D eigenvalue weighted by molar-refractivity contribution is 5.93. The van der Waals surface area contributed by atoms with Crippen molar-refractivity contribution < 1.29 is 14.3 Å². The maximum Gasteiger partial charge on any atom is 0.338 e. The largest absolute Gasteiger partial charge is 0.457 e. The van der Waals surface area contributed by atoms with Gasteiger partial charge in [-0.05, 0) is 68.7 Å². The molecule has 0 aliphatic carbocycles. The van der Waals surface area contributed by atoms with E-state index in [4.69, 9.17) is 4.74 Å². The van der Waals surface area contributed by atoms with Crippen molar-refractivity contribution in [3.05, 3.63) is 135 Å². The topological polar surface area (TPSA) is 59.5 Å². The van der Waals surface area contributed by atoms with Gasteiger partial charge in [0.25, 0.3) is 5.91 Å². The highest BCUT2D eigenvalue weighted by Gasteiger charge is 2.17. The highest BCUT2D eigenvalue weighted by atomic mass is 16.5. The Morgan fingerprint density at radius 2 is 1.27 bits per heavy atom. The van der Waals surface area contributed by atoms with Crippen LogP contribution in [0.5, 0.6) is 0 Å². The van der Waals surface area contributed by atoms with Gasteiger partial charge in [-0.15, -0.1) is 0 Å². The van der Waals surface area contributed by atoms with Crippen molar-refractivity contribution in [1.29, 1.82) is 0 Å². The molecule has 0 aliphatic rings. The molecule has 0 aliphatic heterocycles. The summed E-state index contributed by atoms with van der Waals surface area (Å²) in [5.74, 6) is -0.406. The summed E-state index contributed by atoms with van der Waals surface area (Å²) >= 11 is 0. The van der Waals surface area contributed by atoms with E-state index in [1.807, 2.05) is 61.2 Å². The van der Waals surface area contributed by atoms with Gasteiger partial charge in [0, 0.05) is 25.5 Å². The third-order valence-corrected chi connectivity index (χ3v) is 6.07. The molecule has 5 heteroatoms. The van der Waals surface area contributed by atoms with Gasteiger partial charge in [-0.2, -0.15) is 0 Å². The summed E-state index contributed by atoms with van der Waals surface area (Å²) in [5.41, 5.74) is 8.49. The summed E-state index contributed by atoms with van der Waals surface area (Å²) in [6.45, 7) is 9.18. The van der Waals surface area contributed by atoms with Gasteiger partial charge in [0.15, 0.2) is 0 Å². The zero-order valence-corrected chi connectivity index (χ0v) is 21.8. The third kappa shape index (κ3) is 7.14. The van der Waals surface area contributed by atoms with E-state index in [1.165, 1.54) is 11.1 Å². The molecule has 188 valence electrons. The molecule has 0 unspecified atom stereocenters. The second-order valence-corrected chi connectivity index (χ2v) is 9.67. The second kappa shape index (κ2) is 11.7. The minimum absolute atomic E-state index is 0.0706. The van der Waals surface area contributed by atoms with Crippen LogP contribution in [0.4, 0.5) is 0 Å². The van der Waals surface area contributed by atoms with Crippen molar-refractivity contribution in [2.45, 2.75) is 47.4 Å². The molecule has 5 nitrogen and oxygen atoms in total. The number of aromatic nitrogens is 1. The molecule has 3 aromatic carbocycles. The van der Waals surface area contributed by atoms with Gasteiger partial charge >= 0.3 is 5.97 Å². The van der Waals surface area contributed by atoms with Crippen LogP contribution >= 0.6 is 0 Å². The number of aryl methyl sites for hydroxylation is 4. The molecular formula is C32H32N2O3. The van der Waals surface area contributed by atoms with Gasteiger partial charge in [0.1, 0.15) is 6.61 Å². The maximum absolute atomic E-state index is 13.4. The van der Waals surface area contributed by atoms with Crippen LogP contribution in [0.3, 0.4) is 0 Å². The maximum atomic E-state index is 13.4. The molecule has 0 N–H and O–H groups in total. The Morgan fingerprint density at radius 3 is 1.86 bits per heavy atom. The number of esters is 1. The van der Waals surface area contributed by atoms with Crippen LogP contribution in [0.15, 0.2) is 85.2 Å². The third-order valence-electron chi connectivity index (χ3n) is 6.07. The van der Waals surface area contributed by atoms with E-state index in [9.17, 15) is 9.59 Å².